The zero-order valence-corrected chi connectivity index (χ0v) is 11.5. The van der Waals surface area contributed by atoms with Crippen LogP contribution in [-0.4, -0.2) is 7.05 Å². The largest absolute Gasteiger partial charge is 0.488 e. The van der Waals surface area contributed by atoms with Crippen LogP contribution in [0.15, 0.2) is 36.4 Å². The molecular formula is C16H17F2NO. The van der Waals surface area contributed by atoms with Crippen molar-refractivity contribution >= 4 is 0 Å². The highest BCUT2D eigenvalue weighted by molar-refractivity contribution is 5.41. The number of nitrogens with one attached hydrogen (secondary N) is 1. The van der Waals surface area contributed by atoms with Crippen LogP contribution in [0.3, 0.4) is 0 Å². The van der Waals surface area contributed by atoms with Crippen molar-refractivity contribution in [3.63, 3.8) is 0 Å². The fourth-order valence-electron chi connectivity index (χ4n) is 2.04. The van der Waals surface area contributed by atoms with Crippen LogP contribution in [0.4, 0.5) is 8.78 Å². The lowest BCUT2D eigenvalue weighted by Crippen LogP contribution is -2.09. The monoisotopic (exact) mass is 277 g/mol. The Morgan fingerprint density at radius 2 is 1.90 bits per heavy atom. The summed E-state index contributed by atoms with van der Waals surface area (Å²) in [6.45, 7) is 2.69. The van der Waals surface area contributed by atoms with E-state index in [-0.39, 0.29) is 6.61 Å². The third-order valence-electron chi connectivity index (χ3n) is 3.05. The van der Waals surface area contributed by atoms with E-state index in [2.05, 4.69) is 5.32 Å². The van der Waals surface area contributed by atoms with Gasteiger partial charge in [0.1, 0.15) is 24.0 Å². The molecule has 0 aliphatic carbocycles. The normalized spacial score (nSPS) is 10.6. The third-order valence-corrected chi connectivity index (χ3v) is 3.05. The van der Waals surface area contributed by atoms with E-state index >= 15 is 0 Å². The van der Waals surface area contributed by atoms with Crippen molar-refractivity contribution in [1.29, 1.82) is 0 Å². The van der Waals surface area contributed by atoms with Crippen LogP contribution in [0.5, 0.6) is 5.75 Å². The minimum Gasteiger partial charge on any atom is -0.488 e. The lowest BCUT2D eigenvalue weighted by atomic mass is 10.1. The molecule has 0 saturated carbocycles. The van der Waals surface area contributed by atoms with E-state index in [1.165, 1.54) is 12.1 Å². The molecule has 0 fully saturated rings. The number of aryl methyl sites for hydroxylation is 1. The first-order valence-corrected chi connectivity index (χ1v) is 6.41. The molecule has 0 aliphatic heterocycles. The minimum atomic E-state index is -0.589. The smallest absolute Gasteiger partial charge is 0.132 e. The summed E-state index contributed by atoms with van der Waals surface area (Å²) < 4.78 is 32.1. The Morgan fingerprint density at radius 1 is 1.10 bits per heavy atom. The topological polar surface area (TPSA) is 21.3 Å². The predicted molar refractivity (Wildman–Crippen MR) is 74.6 cm³/mol. The van der Waals surface area contributed by atoms with Gasteiger partial charge in [-0.3, -0.25) is 0 Å². The molecule has 0 bridgehead atoms. The zero-order valence-electron chi connectivity index (χ0n) is 11.5. The lowest BCUT2D eigenvalue weighted by molar-refractivity contribution is 0.294. The van der Waals surface area contributed by atoms with E-state index < -0.39 is 11.6 Å². The number of benzene rings is 2. The van der Waals surface area contributed by atoms with Crippen LogP contribution in [-0.2, 0) is 13.2 Å². The van der Waals surface area contributed by atoms with Crippen molar-refractivity contribution in [2.45, 2.75) is 20.1 Å². The number of halogens is 2. The Morgan fingerprint density at radius 3 is 2.60 bits per heavy atom. The van der Waals surface area contributed by atoms with E-state index in [4.69, 9.17) is 4.74 Å². The fraction of sp³-hybridized carbons (Fsp3) is 0.250. The molecule has 0 atom stereocenters. The summed E-state index contributed by atoms with van der Waals surface area (Å²) in [6.07, 6.45) is 0. The van der Waals surface area contributed by atoms with Gasteiger partial charge >= 0.3 is 0 Å². The molecule has 0 unspecified atom stereocenters. The zero-order chi connectivity index (χ0) is 14.5. The van der Waals surface area contributed by atoms with Gasteiger partial charge in [0.05, 0.1) is 0 Å². The summed E-state index contributed by atoms with van der Waals surface area (Å²) in [7, 11) is 1.85. The van der Waals surface area contributed by atoms with Gasteiger partial charge in [0.15, 0.2) is 0 Å². The second kappa shape index (κ2) is 6.48. The van der Waals surface area contributed by atoms with Crippen LogP contribution >= 0.6 is 0 Å². The molecule has 2 aromatic carbocycles. The van der Waals surface area contributed by atoms with E-state index in [0.717, 1.165) is 22.9 Å². The second-order valence-electron chi connectivity index (χ2n) is 4.62. The van der Waals surface area contributed by atoms with Crippen molar-refractivity contribution in [2.75, 3.05) is 7.05 Å². The molecular weight excluding hydrogens is 260 g/mol. The van der Waals surface area contributed by atoms with E-state index in [1.807, 2.05) is 32.2 Å². The molecule has 0 heterocycles. The Balaban J connectivity index is 2.18. The van der Waals surface area contributed by atoms with Gasteiger partial charge in [-0.1, -0.05) is 18.2 Å². The average Bonchev–Trinajstić information content (AvgIpc) is 2.40. The third kappa shape index (κ3) is 3.33. The van der Waals surface area contributed by atoms with Gasteiger partial charge in [-0.05, 0) is 31.7 Å². The van der Waals surface area contributed by atoms with Gasteiger partial charge in [-0.2, -0.15) is 0 Å². The average molecular weight is 277 g/mol. The van der Waals surface area contributed by atoms with Crippen molar-refractivity contribution in [1.82, 2.24) is 5.32 Å². The number of hydrogen-bond acceptors (Lipinski definition) is 2. The highest BCUT2D eigenvalue weighted by Gasteiger charge is 2.09. The molecule has 0 saturated heterocycles. The molecule has 0 amide bonds. The molecule has 2 aromatic rings. The highest BCUT2D eigenvalue weighted by atomic mass is 19.1. The Labute approximate surface area is 117 Å². The maximum Gasteiger partial charge on any atom is 0.132 e. The highest BCUT2D eigenvalue weighted by Crippen LogP contribution is 2.25. The van der Waals surface area contributed by atoms with Gasteiger partial charge < -0.3 is 10.1 Å². The maximum atomic E-state index is 13.6. The van der Waals surface area contributed by atoms with Crippen LogP contribution in [0.1, 0.15) is 16.7 Å². The Hall–Kier alpha value is -1.94. The van der Waals surface area contributed by atoms with E-state index in [0.29, 0.717) is 12.1 Å². The van der Waals surface area contributed by atoms with Crippen molar-refractivity contribution in [2.24, 2.45) is 0 Å². The van der Waals surface area contributed by atoms with Gasteiger partial charge in [-0.15, -0.1) is 0 Å². The molecule has 0 aliphatic rings. The summed E-state index contributed by atoms with van der Waals surface area (Å²) in [5, 5.41) is 3.06. The van der Waals surface area contributed by atoms with Gasteiger partial charge in [0, 0.05) is 23.7 Å². The van der Waals surface area contributed by atoms with Crippen LogP contribution < -0.4 is 10.1 Å². The summed E-state index contributed by atoms with van der Waals surface area (Å²) in [6, 6.07) is 9.35. The molecule has 4 heteroatoms. The van der Waals surface area contributed by atoms with Crippen molar-refractivity contribution in [3.05, 3.63) is 64.7 Å². The predicted octanol–water partition coefficient (Wildman–Crippen LogP) is 3.57. The summed E-state index contributed by atoms with van der Waals surface area (Å²) >= 11 is 0. The first kappa shape index (κ1) is 14.5. The molecule has 2 rings (SSSR count). The van der Waals surface area contributed by atoms with Gasteiger partial charge in [-0.25, -0.2) is 8.78 Å². The van der Waals surface area contributed by atoms with Gasteiger partial charge in [0.25, 0.3) is 0 Å². The summed E-state index contributed by atoms with van der Waals surface area (Å²) in [5.41, 5.74) is 2.33. The Kier molecular flexibility index (Phi) is 4.69. The van der Waals surface area contributed by atoms with Crippen molar-refractivity contribution in [3.8, 4) is 5.75 Å². The fourth-order valence-corrected chi connectivity index (χ4v) is 2.04. The molecule has 1 N–H and O–H groups in total. The molecule has 20 heavy (non-hydrogen) atoms. The van der Waals surface area contributed by atoms with E-state index in [9.17, 15) is 8.78 Å². The maximum absolute atomic E-state index is 13.6. The number of hydrogen-bond donors (Lipinski definition) is 1. The first-order valence-electron chi connectivity index (χ1n) is 6.41. The van der Waals surface area contributed by atoms with E-state index in [1.54, 1.807) is 0 Å². The minimum absolute atomic E-state index is 0.0771. The quantitative estimate of drug-likeness (QED) is 0.902. The van der Waals surface area contributed by atoms with Crippen molar-refractivity contribution < 1.29 is 13.5 Å². The summed E-state index contributed by atoms with van der Waals surface area (Å²) in [5.74, 6) is -0.433. The number of ether oxygens (including phenoxy) is 1. The standard InChI is InChI=1S/C16H17F2NO/c1-11-4-3-5-12(9-19-2)16(11)20-10-13-6-7-14(17)8-15(13)18/h3-8,19H,9-10H2,1-2H3. The number of para-hydroxylation sites is 1. The SMILES string of the molecule is CNCc1cccc(C)c1OCc1ccc(F)cc1F. The van der Waals surface area contributed by atoms with Crippen LogP contribution in [0, 0.1) is 18.6 Å². The number of rotatable bonds is 5. The molecule has 0 aromatic heterocycles. The molecule has 0 radical (unpaired) electrons. The van der Waals surface area contributed by atoms with Crippen LogP contribution in [0.25, 0.3) is 0 Å². The summed E-state index contributed by atoms with van der Waals surface area (Å²) in [4.78, 5) is 0. The molecule has 106 valence electrons. The molecule has 2 nitrogen and oxygen atoms in total. The van der Waals surface area contributed by atoms with Gasteiger partial charge in [0.2, 0.25) is 0 Å². The Bertz CT molecular complexity index is 599. The second-order valence-corrected chi connectivity index (χ2v) is 4.62. The lowest BCUT2D eigenvalue weighted by Gasteiger charge is -2.14. The van der Waals surface area contributed by atoms with Crippen LogP contribution in [0.2, 0.25) is 0 Å². The molecule has 0 spiro atoms. The first-order chi connectivity index (χ1) is 9.61.